The number of hydrogen-bond acceptors (Lipinski definition) is 3. The Labute approximate surface area is 106 Å². The molecule has 0 radical (unpaired) electrons. The van der Waals surface area contributed by atoms with Gasteiger partial charge in [0.1, 0.15) is 0 Å². The zero-order valence-electron chi connectivity index (χ0n) is 8.76. The molecule has 0 aromatic heterocycles. The van der Waals surface area contributed by atoms with E-state index in [2.05, 4.69) is 15.9 Å². The van der Waals surface area contributed by atoms with Crippen molar-refractivity contribution >= 4 is 27.9 Å². The Morgan fingerprint density at radius 1 is 1.29 bits per heavy atom. The molecule has 92 valence electrons. The van der Waals surface area contributed by atoms with E-state index in [0.29, 0.717) is 10.0 Å². The van der Waals surface area contributed by atoms with Crippen LogP contribution in [0.1, 0.15) is 23.7 Å². The average molecular weight is 303 g/mol. The van der Waals surface area contributed by atoms with Crippen LogP contribution in [0.15, 0.2) is 22.7 Å². The molecule has 1 aromatic rings. The Bertz CT molecular complexity index is 443. The molecule has 1 aromatic carbocycles. The summed E-state index contributed by atoms with van der Waals surface area (Å²) >= 11 is 3.17. The highest BCUT2D eigenvalue weighted by molar-refractivity contribution is 9.10. The van der Waals surface area contributed by atoms with E-state index < -0.39 is 18.0 Å². The molecule has 6 heteroatoms. The second kappa shape index (κ2) is 5.79. The van der Waals surface area contributed by atoms with Crippen LogP contribution in [-0.2, 0) is 16.0 Å². The summed E-state index contributed by atoms with van der Waals surface area (Å²) in [6.07, 6.45) is -1.57. The lowest BCUT2D eigenvalue weighted by Gasteiger charge is -2.12. The summed E-state index contributed by atoms with van der Waals surface area (Å²) in [4.78, 5) is 21.2. The minimum absolute atomic E-state index is 0.110. The van der Waals surface area contributed by atoms with Crippen LogP contribution in [0.3, 0.4) is 0 Å². The fraction of sp³-hybridized carbons (Fsp3) is 0.273. The predicted molar refractivity (Wildman–Crippen MR) is 62.7 cm³/mol. The number of aliphatic hydroxyl groups excluding tert-OH is 1. The molecule has 0 saturated carbocycles. The largest absolute Gasteiger partial charge is 0.481 e. The summed E-state index contributed by atoms with van der Waals surface area (Å²) in [6.45, 7) is 0. The Balaban J connectivity index is 3.03. The van der Waals surface area contributed by atoms with Crippen molar-refractivity contribution in [1.29, 1.82) is 0 Å². The molecular formula is C11H11BrO5. The van der Waals surface area contributed by atoms with Crippen molar-refractivity contribution in [2.45, 2.75) is 18.9 Å². The van der Waals surface area contributed by atoms with Gasteiger partial charge in [-0.1, -0.05) is 22.0 Å². The van der Waals surface area contributed by atoms with E-state index in [1.165, 1.54) is 6.07 Å². The monoisotopic (exact) mass is 302 g/mol. The summed E-state index contributed by atoms with van der Waals surface area (Å²) in [5.74, 6) is -2.33. The van der Waals surface area contributed by atoms with Crippen molar-refractivity contribution in [3.63, 3.8) is 0 Å². The molecule has 0 bridgehead atoms. The number of aliphatic hydroxyl groups is 1. The molecule has 0 aliphatic rings. The molecule has 1 atom stereocenters. The van der Waals surface area contributed by atoms with Crippen molar-refractivity contribution in [1.82, 2.24) is 0 Å². The highest BCUT2D eigenvalue weighted by atomic mass is 79.9. The number of carboxylic acids is 2. The maximum absolute atomic E-state index is 10.7. The van der Waals surface area contributed by atoms with Crippen molar-refractivity contribution < 1.29 is 24.9 Å². The molecule has 0 aliphatic carbocycles. The van der Waals surface area contributed by atoms with Gasteiger partial charge in [-0.05, 0) is 29.7 Å². The van der Waals surface area contributed by atoms with Gasteiger partial charge in [0, 0.05) is 10.9 Å². The zero-order valence-corrected chi connectivity index (χ0v) is 10.3. The molecular weight excluding hydrogens is 292 g/mol. The first kappa shape index (κ1) is 13.7. The number of aryl methyl sites for hydroxylation is 1. The normalized spacial score (nSPS) is 12.1. The van der Waals surface area contributed by atoms with Gasteiger partial charge in [0.15, 0.2) is 6.10 Å². The zero-order chi connectivity index (χ0) is 13.0. The van der Waals surface area contributed by atoms with E-state index in [1.807, 2.05) is 0 Å². The third kappa shape index (κ3) is 3.83. The third-order valence-electron chi connectivity index (χ3n) is 2.24. The lowest BCUT2D eigenvalue weighted by molar-refractivity contribution is -0.147. The first-order valence-corrected chi connectivity index (χ1v) is 5.62. The third-order valence-corrected chi connectivity index (χ3v) is 2.74. The molecule has 17 heavy (non-hydrogen) atoms. The number of hydrogen-bond donors (Lipinski definition) is 3. The fourth-order valence-corrected chi connectivity index (χ4v) is 1.80. The van der Waals surface area contributed by atoms with E-state index in [4.69, 9.17) is 10.2 Å². The van der Waals surface area contributed by atoms with Crippen LogP contribution in [-0.4, -0.2) is 27.3 Å². The van der Waals surface area contributed by atoms with Gasteiger partial charge in [-0.25, -0.2) is 4.79 Å². The van der Waals surface area contributed by atoms with Crippen molar-refractivity contribution in [3.8, 4) is 0 Å². The summed E-state index contributed by atoms with van der Waals surface area (Å²) in [5, 5.41) is 26.8. The number of rotatable bonds is 5. The molecule has 1 unspecified atom stereocenters. The quantitative estimate of drug-likeness (QED) is 0.767. The molecule has 0 amide bonds. The summed E-state index contributed by atoms with van der Waals surface area (Å²) in [5.41, 5.74) is 0.735. The number of carboxylic acid groups (broad SMARTS) is 2. The summed E-state index contributed by atoms with van der Waals surface area (Å²) in [6, 6.07) is 4.76. The van der Waals surface area contributed by atoms with Crippen molar-refractivity contribution in [2.75, 3.05) is 0 Å². The van der Waals surface area contributed by atoms with Gasteiger partial charge < -0.3 is 15.3 Å². The number of aliphatic carboxylic acids is 2. The van der Waals surface area contributed by atoms with Crippen LogP contribution in [0.4, 0.5) is 0 Å². The number of benzene rings is 1. The van der Waals surface area contributed by atoms with Crippen LogP contribution in [0.5, 0.6) is 0 Å². The minimum Gasteiger partial charge on any atom is -0.481 e. The second-order valence-corrected chi connectivity index (χ2v) is 4.39. The van der Waals surface area contributed by atoms with Gasteiger partial charge in [0.2, 0.25) is 0 Å². The standard InChI is InChI=1S/C11H11BrO5/c12-7-3-1-6(2-4-9(13)14)8(5-7)10(15)11(16)17/h1,3,5,10,15H,2,4H2,(H,13,14)(H,16,17). The molecule has 0 fully saturated rings. The molecule has 3 N–H and O–H groups in total. The summed E-state index contributed by atoms with van der Waals surface area (Å²) in [7, 11) is 0. The van der Waals surface area contributed by atoms with E-state index in [0.717, 1.165) is 0 Å². The lowest BCUT2D eigenvalue weighted by Crippen LogP contribution is -2.13. The summed E-state index contributed by atoms with van der Waals surface area (Å²) < 4.78 is 0.631. The molecule has 0 aliphatic heterocycles. The molecule has 0 spiro atoms. The van der Waals surface area contributed by atoms with Gasteiger partial charge in [-0.3, -0.25) is 4.79 Å². The van der Waals surface area contributed by atoms with Crippen molar-refractivity contribution in [3.05, 3.63) is 33.8 Å². The Hall–Kier alpha value is -1.40. The average Bonchev–Trinajstić information content (AvgIpc) is 2.26. The van der Waals surface area contributed by atoms with E-state index >= 15 is 0 Å². The highest BCUT2D eigenvalue weighted by Crippen LogP contribution is 2.24. The smallest absolute Gasteiger partial charge is 0.337 e. The minimum atomic E-state index is -1.64. The van der Waals surface area contributed by atoms with E-state index in [1.54, 1.807) is 12.1 Å². The van der Waals surface area contributed by atoms with Gasteiger partial charge in [-0.15, -0.1) is 0 Å². The predicted octanol–water partition coefficient (Wildman–Crippen LogP) is 1.58. The van der Waals surface area contributed by atoms with Gasteiger partial charge >= 0.3 is 11.9 Å². The first-order valence-electron chi connectivity index (χ1n) is 4.83. The Morgan fingerprint density at radius 2 is 1.94 bits per heavy atom. The fourth-order valence-electron chi connectivity index (χ4n) is 1.42. The van der Waals surface area contributed by atoms with Crippen LogP contribution in [0.2, 0.25) is 0 Å². The highest BCUT2D eigenvalue weighted by Gasteiger charge is 2.20. The van der Waals surface area contributed by atoms with Gasteiger partial charge in [0.05, 0.1) is 0 Å². The molecule has 0 heterocycles. The Kier molecular flexibility index (Phi) is 4.65. The van der Waals surface area contributed by atoms with Crippen LogP contribution >= 0.6 is 15.9 Å². The van der Waals surface area contributed by atoms with Crippen LogP contribution < -0.4 is 0 Å². The second-order valence-electron chi connectivity index (χ2n) is 3.48. The topological polar surface area (TPSA) is 94.8 Å². The van der Waals surface area contributed by atoms with Crippen molar-refractivity contribution in [2.24, 2.45) is 0 Å². The molecule has 1 rings (SSSR count). The van der Waals surface area contributed by atoms with Gasteiger partial charge in [-0.2, -0.15) is 0 Å². The first-order chi connectivity index (χ1) is 7.91. The number of halogens is 1. The van der Waals surface area contributed by atoms with Gasteiger partial charge in [0.25, 0.3) is 0 Å². The molecule has 5 nitrogen and oxygen atoms in total. The van der Waals surface area contributed by atoms with E-state index in [9.17, 15) is 14.7 Å². The van der Waals surface area contributed by atoms with Crippen LogP contribution in [0, 0.1) is 0 Å². The molecule has 0 saturated heterocycles. The van der Waals surface area contributed by atoms with E-state index in [-0.39, 0.29) is 18.4 Å². The maximum atomic E-state index is 10.7. The Morgan fingerprint density at radius 3 is 2.47 bits per heavy atom. The van der Waals surface area contributed by atoms with Crippen LogP contribution in [0.25, 0.3) is 0 Å². The SMILES string of the molecule is O=C(O)CCc1ccc(Br)cc1C(O)C(=O)O. The lowest BCUT2D eigenvalue weighted by atomic mass is 9.99. The number of carbonyl (C=O) groups is 2. The maximum Gasteiger partial charge on any atom is 0.337 e.